The number of ether oxygens (including phenoxy) is 1. The average Bonchev–Trinajstić information content (AvgIpc) is 3.01. The molecule has 5 nitrogen and oxygen atoms in total. The molecule has 0 saturated carbocycles. The normalized spacial score (nSPS) is 21.6. The Kier molecular flexibility index (Phi) is 5.48. The van der Waals surface area contributed by atoms with Crippen molar-refractivity contribution in [3.05, 3.63) is 42.0 Å². The molecule has 0 spiro atoms. The van der Waals surface area contributed by atoms with Crippen molar-refractivity contribution in [1.82, 2.24) is 4.72 Å². The molecule has 2 heterocycles. The van der Waals surface area contributed by atoms with E-state index in [-0.39, 0.29) is 12.0 Å². The summed E-state index contributed by atoms with van der Waals surface area (Å²) < 4.78 is 33.0. The van der Waals surface area contributed by atoms with Crippen molar-refractivity contribution in [2.24, 2.45) is 0 Å². The van der Waals surface area contributed by atoms with E-state index in [9.17, 15) is 8.42 Å². The first-order valence-corrected chi connectivity index (χ1v) is 10.8. The Morgan fingerprint density at radius 1 is 1.20 bits per heavy atom. The average molecular weight is 381 g/mol. The molecule has 1 saturated heterocycles. The first kappa shape index (κ1) is 18.4. The maximum atomic E-state index is 12.3. The highest BCUT2D eigenvalue weighted by molar-refractivity contribution is 7.90. The number of rotatable bonds is 5. The summed E-state index contributed by atoms with van der Waals surface area (Å²) in [5.41, 5.74) is 8.00. The van der Waals surface area contributed by atoms with Crippen molar-refractivity contribution < 1.29 is 13.2 Å². The highest BCUT2D eigenvalue weighted by Crippen LogP contribution is 2.32. The minimum atomic E-state index is -3.30. The summed E-state index contributed by atoms with van der Waals surface area (Å²) in [5, 5.41) is 0.352. The second-order valence-electron chi connectivity index (χ2n) is 6.61. The van der Waals surface area contributed by atoms with E-state index in [4.69, 9.17) is 10.5 Å². The van der Waals surface area contributed by atoms with Crippen LogP contribution in [0.25, 0.3) is 10.4 Å². The van der Waals surface area contributed by atoms with Crippen LogP contribution in [0.4, 0.5) is 5.00 Å². The fourth-order valence-electron chi connectivity index (χ4n) is 2.96. The first-order chi connectivity index (χ1) is 11.9. The van der Waals surface area contributed by atoms with Crippen molar-refractivity contribution in [1.29, 1.82) is 0 Å². The van der Waals surface area contributed by atoms with E-state index in [0.717, 1.165) is 21.0 Å². The third kappa shape index (κ3) is 4.23. The lowest BCUT2D eigenvalue weighted by Gasteiger charge is -2.33. The zero-order valence-electron chi connectivity index (χ0n) is 14.4. The molecule has 0 radical (unpaired) electrons. The molecule has 3 rings (SSSR count). The molecule has 7 heteroatoms. The molecule has 0 bridgehead atoms. The molecule has 3 N–H and O–H groups in total. The fraction of sp³-hybridized carbons (Fsp3) is 0.444. The molecule has 1 aromatic carbocycles. The fourth-order valence-corrected chi connectivity index (χ4v) is 4.71. The monoisotopic (exact) mass is 380 g/mol. The van der Waals surface area contributed by atoms with Gasteiger partial charge in [0.25, 0.3) is 0 Å². The summed E-state index contributed by atoms with van der Waals surface area (Å²) in [6.07, 6.45) is 0.680. The third-order valence-corrected chi connectivity index (χ3v) is 7.38. The van der Waals surface area contributed by atoms with Gasteiger partial charge in [-0.3, -0.25) is 0 Å². The molecular formula is C18H24N2O3S2. The van der Waals surface area contributed by atoms with Gasteiger partial charge in [-0.05, 0) is 43.5 Å². The van der Waals surface area contributed by atoms with Gasteiger partial charge in [-0.1, -0.05) is 24.3 Å². The number of anilines is 1. The van der Waals surface area contributed by atoms with Gasteiger partial charge in [-0.25, -0.2) is 13.1 Å². The van der Waals surface area contributed by atoms with Crippen LogP contribution in [0.1, 0.15) is 31.7 Å². The second kappa shape index (κ2) is 7.45. The Labute approximate surface area is 153 Å². The van der Waals surface area contributed by atoms with E-state index in [1.807, 2.05) is 12.1 Å². The molecule has 25 heavy (non-hydrogen) atoms. The molecule has 1 aliphatic heterocycles. The van der Waals surface area contributed by atoms with Gasteiger partial charge in [-0.15, -0.1) is 11.3 Å². The number of nitrogens with two attached hydrogens (primary N) is 1. The number of sulfonamides is 1. The van der Waals surface area contributed by atoms with Crippen molar-refractivity contribution in [2.45, 2.75) is 37.5 Å². The van der Waals surface area contributed by atoms with Crippen LogP contribution in [0.3, 0.4) is 0 Å². The van der Waals surface area contributed by atoms with Crippen LogP contribution in [0.2, 0.25) is 0 Å². The van der Waals surface area contributed by atoms with Crippen molar-refractivity contribution in [2.75, 3.05) is 18.9 Å². The quantitative estimate of drug-likeness (QED) is 0.835. The molecule has 136 valence electrons. The molecular weight excluding hydrogens is 356 g/mol. The van der Waals surface area contributed by atoms with Crippen LogP contribution in [0, 0.1) is 0 Å². The van der Waals surface area contributed by atoms with E-state index in [2.05, 4.69) is 29.0 Å². The minimum absolute atomic E-state index is 0.0183. The number of hydrogen-bond donors (Lipinski definition) is 2. The Bertz CT molecular complexity index is 813. The van der Waals surface area contributed by atoms with Crippen LogP contribution >= 0.6 is 11.3 Å². The van der Waals surface area contributed by atoms with Crippen LogP contribution in [0.15, 0.2) is 36.4 Å². The lowest BCUT2D eigenvalue weighted by molar-refractivity contribution is 0.0653. The molecule has 1 fully saturated rings. The van der Waals surface area contributed by atoms with Gasteiger partial charge < -0.3 is 10.5 Å². The molecule has 1 aliphatic rings. The van der Waals surface area contributed by atoms with Gasteiger partial charge in [0.15, 0.2) is 0 Å². The number of benzene rings is 1. The van der Waals surface area contributed by atoms with Gasteiger partial charge in [0.2, 0.25) is 10.0 Å². The summed E-state index contributed by atoms with van der Waals surface area (Å²) in [5.74, 6) is 0.0183. The maximum Gasteiger partial charge on any atom is 0.214 e. The Hall–Kier alpha value is -1.41. The van der Waals surface area contributed by atoms with Crippen molar-refractivity contribution >= 4 is 26.4 Å². The number of thiophene rings is 1. The van der Waals surface area contributed by atoms with Crippen molar-refractivity contribution in [3.8, 4) is 10.4 Å². The van der Waals surface area contributed by atoms with E-state index in [0.29, 0.717) is 19.6 Å². The predicted molar refractivity (Wildman–Crippen MR) is 103 cm³/mol. The Morgan fingerprint density at radius 2 is 1.92 bits per heavy atom. The standard InChI is InChI=1S/C18H24N2O3S2/c1-12(2)25(21,22)20-16-9-10-23-11-15(16)13-3-5-14(6-4-13)17-7-8-18(19)24-17/h3-8,12,15-16,20H,9-11,19H2,1-2H3/t15-,16+/m0/s1. The summed E-state index contributed by atoms with van der Waals surface area (Å²) >= 11 is 1.56. The number of nitrogen functional groups attached to an aromatic ring is 1. The number of nitrogens with one attached hydrogen (secondary N) is 1. The van der Waals surface area contributed by atoms with E-state index in [1.54, 1.807) is 25.2 Å². The van der Waals surface area contributed by atoms with Gasteiger partial charge in [0.1, 0.15) is 0 Å². The first-order valence-electron chi connectivity index (χ1n) is 8.41. The van der Waals surface area contributed by atoms with Gasteiger partial charge in [-0.2, -0.15) is 0 Å². The number of hydrogen-bond acceptors (Lipinski definition) is 5. The van der Waals surface area contributed by atoms with Gasteiger partial charge >= 0.3 is 0 Å². The smallest absolute Gasteiger partial charge is 0.214 e. The summed E-state index contributed by atoms with van der Waals surface area (Å²) in [6.45, 7) is 4.49. The summed E-state index contributed by atoms with van der Waals surface area (Å²) in [4.78, 5) is 1.13. The molecule has 0 amide bonds. The minimum Gasteiger partial charge on any atom is -0.391 e. The van der Waals surface area contributed by atoms with E-state index >= 15 is 0 Å². The second-order valence-corrected chi connectivity index (χ2v) is 10.00. The Morgan fingerprint density at radius 3 is 2.52 bits per heavy atom. The van der Waals surface area contributed by atoms with E-state index in [1.165, 1.54) is 0 Å². The van der Waals surface area contributed by atoms with Crippen LogP contribution in [-0.2, 0) is 14.8 Å². The molecule has 2 aromatic rings. The van der Waals surface area contributed by atoms with Gasteiger partial charge in [0.05, 0.1) is 16.9 Å². The lowest BCUT2D eigenvalue weighted by atomic mass is 9.89. The molecule has 0 unspecified atom stereocenters. The zero-order chi connectivity index (χ0) is 18.0. The highest BCUT2D eigenvalue weighted by Gasteiger charge is 2.31. The van der Waals surface area contributed by atoms with Crippen LogP contribution in [-0.4, -0.2) is 32.9 Å². The molecule has 1 aromatic heterocycles. The van der Waals surface area contributed by atoms with Crippen molar-refractivity contribution in [3.63, 3.8) is 0 Å². The summed E-state index contributed by atoms with van der Waals surface area (Å²) in [6, 6.07) is 12.0. The third-order valence-electron chi connectivity index (χ3n) is 4.54. The SMILES string of the molecule is CC(C)S(=O)(=O)N[C@@H]1CCOC[C@H]1c1ccc(-c2ccc(N)s2)cc1. The zero-order valence-corrected chi connectivity index (χ0v) is 16.1. The highest BCUT2D eigenvalue weighted by atomic mass is 32.2. The lowest BCUT2D eigenvalue weighted by Crippen LogP contribution is -2.46. The maximum absolute atomic E-state index is 12.3. The van der Waals surface area contributed by atoms with Gasteiger partial charge in [0, 0.05) is 23.4 Å². The summed E-state index contributed by atoms with van der Waals surface area (Å²) in [7, 11) is -3.30. The Balaban J connectivity index is 1.80. The van der Waals surface area contributed by atoms with Crippen LogP contribution < -0.4 is 10.5 Å². The largest absolute Gasteiger partial charge is 0.391 e. The predicted octanol–water partition coefficient (Wildman–Crippen LogP) is 3.20. The topological polar surface area (TPSA) is 81.4 Å². The van der Waals surface area contributed by atoms with E-state index < -0.39 is 15.3 Å². The molecule has 2 atom stereocenters. The molecule has 0 aliphatic carbocycles. The van der Waals surface area contributed by atoms with Crippen LogP contribution in [0.5, 0.6) is 0 Å².